The van der Waals surface area contributed by atoms with Crippen molar-refractivity contribution in [1.82, 2.24) is 9.97 Å². The highest BCUT2D eigenvalue weighted by Gasteiger charge is 2.30. The molecule has 4 heterocycles. The Morgan fingerprint density at radius 2 is 1.22 bits per heavy atom. The van der Waals surface area contributed by atoms with Crippen LogP contribution in [0.2, 0.25) is 0 Å². The normalized spacial score (nSPS) is 12.8. The minimum atomic E-state index is 0.201. The summed E-state index contributed by atoms with van der Waals surface area (Å²) >= 11 is 0. The van der Waals surface area contributed by atoms with E-state index in [-0.39, 0.29) is 11.8 Å². The molecule has 0 saturated heterocycles. The fourth-order valence-corrected chi connectivity index (χ4v) is 9.35. The molecule has 11 rings (SSSR count). The van der Waals surface area contributed by atoms with Gasteiger partial charge in [0.25, 0.3) is 0 Å². The van der Waals surface area contributed by atoms with E-state index in [9.17, 15) is 0 Å². The molecule has 10 aromatic rings. The second-order valence-electron chi connectivity index (χ2n) is 17.0. The Labute approximate surface area is 366 Å². The minimum absolute atomic E-state index is 0.201. The fraction of sp³-hybridized carbons (Fsp3) is 0.123. The summed E-state index contributed by atoms with van der Waals surface area (Å²) < 4.78 is 13.5. The summed E-state index contributed by atoms with van der Waals surface area (Å²) in [5, 5.41) is 6.74. The van der Waals surface area contributed by atoms with Crippen molar-refractivity contribution in [2.75, 3.05) is 9.80 Å². The Kier molecular flexibility index (Phi) is 9.31. The quantitative estimate of drug-likeness (QED) is 0.128. The third-order valence-electron chi connectivity index (χ3n) is 12.5. The van der Waals surface area contributed by atoms with Crippen LogP contribution in [0.15, 0.2) is 185 Å². The van der Waals surface area contributed by atoms with Gasteiger partial charge in [-0.25, -0.2) is 9.97 Å². The van der Waals surface area contributed by atoms with Gasteiger partial charge in [0, 0.05) is 45.1 Å². The first-order valence-corrected chi connectivity index (χ1v) is 21.8. The third-order valence-corrected chi connectivity index (χ3v) is 12.5. The van der Waals surface area contributed by atoms with Crippen molar-refractivity contribution >= 4 is 95.1 Å². The topological polar surface area (TPSA) is 58.5 Å². The van der Waals surface area contributed by atoms with Crippen molar-refractivity contribution in [3.8, 4) is 0 Å². The van der Waals surface area contributed by atoms with Crippen molar-refractivity contribution in [1.29, 1.82) is 0 Å². The van der Waals surface area contributed by atoms with E-state index in [2.05, 4.69) is 159 Å². The van der Waals surface area contributed by atoms with Gasteiger partial charge in [0.2, 0.25) is 0 Å². The Balaban J connectivity index is 1.21. The van der Waals surface area contributed by atoms with Crippen molar-refractivity contribution in [2.45, 2.75) is 40.0 Å². The van der Waals surface area contributed by atoms with E-state index in [0.29, 0.717) is 0 Å². The predicted molar refractivity (Wildman–Crippen MR) is 263 cm³/mol. The van der Waals surface area contributed by atoms with Crippen LogP contribution >= 0.6 is 0 Å². The zero-order valence-corrected chi connectivity index (χ0v) is 35.8. The summed E-state index contributed by atoms with van der Waals surface area (Å²) in [6, 6.07) is 48.5. The summed E-state index contributed by atoms with van der Waals surface area (Å²) in [6.45, 7) is 13.6. The molecule has 0 N–H and O–H groups in total. The number of fused-ring (bicyclic) bond motifs is 6. The second-order valence-corrected chi connectivity index (χ2v) is 17.0. The average Bonchev–Trinajstić information content (AvgIpc) is 3.90. The van der Waals surface area contributed by atoms with Crippen molar-refractivity contribution in [3.63, 3.8) is 0 Å². The summed E-state index contributed by atoms with van der Waals surface area (Å²) in [5.41, 5.74) is 12.9. The number of allylic oxidation sites excluding steroid dienone is 3. The first-order valence-electron chi connectivity index (χ1n) is 21.8. The number of hydrogen-bond donors (Lipinski definition) is 0. The van der Waals surface area contributed by atoms with E-state index < -0.39 is 0 Å². The van der Waals surface area contributed by atoms with Gasteiger partial charge in [0.15, 0.2) is 11.2 Å². The number of aromatic nitrogens is 2. The molecular weight excluding hydrogens is 773 g/mol. The van der Waals surface area contributed by atoms with E-state index in [1.54, 1.807) is 0 Å². The van der Waals surface area contributed by atoms with E-state index >= 15 is 0 Å². The Morgan fingerprint density at radius 1 is 0.619 bits per heavy atom. The van der Waals surface area contributed by atoms with Crippen LogP contribution in [-0.4, -0.2) is 9.97 Å². The lowest BCUT2D eigenvalue weighted by Crippen LogP contribution is -2.19. The molecule has 4 aromatic heterocycles. The maximum absolute atomic E-state index is 6.75. The molecule has 6 heteroatoms. The lowest BCUT2D eigenvalue weighted by Gasteiger charge is -2.32. The number of furan rings is 2. The molecule has 0 saturated carbocycles. The summed E-state index contributed by atoms with van der Waals surface area (Å²) in [5.74, 6) is 2.01. The lowest BCUT2D eigenvalue weighted by molar-refractivity contribution is 0.668. The van der Waals surface area contributed by atoms with Crippen LogP contribution in [0.5, 0.6) is 0 Å². The number of nitrogens with zero attached hydrogens (tertiary/aromatic N) is 4. The summed E-state index contributed by atoms with van der Waals surface area (Å²) in [6.07, 6.45) is 11.3. The van der Waals surface area contributed by atoms with Crippen LogP contribution in [0.25, 0.3) is 66.4 Å². The zero-order valence-electron chi connectivity index (χ0n) is 35.8. The number of benzene rings is 6. The number of anilines is 5. The molecule has 0 amide bonds. The zero-order chi connectivity index (χ0) is 42.8. The molecule has 0 unspecified atom stereocenters. The van der Waals surface area contributed by atoms with Gasteiger partial charge in [-0.05, 0) is 101 Å². The third kappa shape index (κ3) is 6.32. The van der Waals surface area contributed by atoms with E-state index in [0.717, 1.165) is 101 Å². The van der Waals surface area contributed by atoms with E-state index in [1.165, 1.54) is 21.9 Å². The predicted octanol–water partition coefficient (Wildman–Crippen LogP) is 16.0. The highest BCUT2D eigenvalue weighted by Crippen LogP contribution is 2.50. The maximum Gasteiger partial charge on any atom is 0.159 e. The van der Waals surface area contributed by atoms with Crippen LogP contribution in [-0.2, 0) is 6.42 Å². The van der Waals surface area contributed by atoms with E-state index in [1.807, 2.05) is 54.9 Å². The van der Waals surface area contributed by atoms with Gasteiger partial charge < -0.3 is 8.83 Å². The molecule has 1 aliphatic rings. The maximum atomic E-state index is 6.75. The van der Waals surface area contributed by atoms with Gasteiger partial charge in [-0.1, -0.05) is 137 Å². The molecule has 6 nitrogen and oxygen atoms in total. The van der Waals surface area contributed by atoms with Crippen LogP contribution in [0.1, 0.15) is 55.9 Å². The largest absolute Gasteiger partial charge is 0.454 e. The first-order chi connectivity index (χ1) is 30.9. The smallest absolute Gasteiger partial charge is 0.159 e. The molecule has 0 bridgehead atoms. The second kappa shape index (κ2) is 15.3. The lowest BCUT2D eigenvalue weighted by atomic mass is 9.82. The monoisotopic (exact) mass is 818 g/mol. The van der Waals surface area contributed by atoms with Crippen LogP contribution in [0.3, 0.4) is 0 Å². The van der Waals surface area contributed by atoms with E-state index in [4.69, 9.17) is 18.8 Å². The van der Waals surface area contributed by atoms with Gasteiger partial charge in [-0.15, -0.1) is 0 Å². The number of para-hydroxylation sites is 4. The Morgan fingerprint density at radius 3 is 1.86 bits per heavy atom. The van der Waals surface area contributed by atoms with Crippen molar-refractivity contribution in [2.24, 2.45) is 5.92 Å². The number of rotatable bonds is 10. The average molecular weight is 819 g/mol. The Hall–Kier alpha value is -7.70. The standard InChI is InChI=1S/C57H46N4O2/c1-35(2)37(5)33-49(60(53-27-10-12-31-58-53)47-23-15-20-43-39-17-6-8-25-51(39)62-56(43)47)38-29-30-42-46(36(3)4)34-50(45-22-14-19-41(38)55(42)45)61(54-28-11-13-32-59-54)48-24-16-21-44-40-18-7-9-26-52(40)63-57(44)48/h6-18,20-36H,5,19H2,1-4H3/b49-33+. The highest BCUT2D eigenvalue weighted by atomic mass is 16.3. The molecule has 6 aromatic carbocycles. The van der Waals surface area contributed by atoms with Crippen LogP contribution in [0.4, 0.5) is 28.7 Å². The fourth-order valence-electron chi connectivity index (χ4n) is 9.35. The van der Waals surface area contributed by atoms with Gasteiger partial charge in [0.1, 0.15) is 22.8 Å². The molecule has 0 fully saturated rings. The molecule has 1 aliphatic carbocycles. The minimum Gasteiger partial charge on any atom is -0.454 e. The summed E-state index contributed by atoms with van der Waals surface area (Å²) in [7, 11) is 0. The number of pyridine rings is 2. The van der Waals surface area contributed by atoms with Crippen LogP contribution in [0, 0.1) is 5.92 Å². The van der Waals surface area contributed by atoms with Crippen molar-refractivity contribution in [3.05, 3.63) is 198 Å². The number of hydrogen-bond acceptors (Lipinski definition) is 6. The molecule has 0 radical (unpaired) electrons. The first kappa shape index (κ1) is 38.2. The van der Waals surface area contributed by atoms with Gasteiger partial charge in [-0.3, -0.25) is 9.80 Å². The van der Waals surface area contributed by atoms with Gasteiger partial charge >= 0.3 is 0 Å². The van der Waals surface area contributed by atoms with Gasteiger partial charge in [-0.2, -0.15) is 0 Å². The van der Waals surface area contributed by atoms with Crippen molar-refractivity contribution < 1.29 is 8.83 Å². The van der Waals surface area contributed by atoms with Crippen LogP contribution < -0.4 is 9.80 Å². The molecule has 63 heavy (non-hydrogen) atoms. The molecule has 306 valence electrons. The molecule has 0 atom stereocenters. The SMILES string of the molecule is C=C(/C=C(\c1ccc2c(C(C)C)cc(N(c3ccccn3)c3cccc4c3oc3ccccc34)c3c2c1CC=C3)N(c1ccccn1)c1cccc2c1oc1ccccc12)C(C)C. The Bertz CT molecular complexity index is 3460. The summed E-state index contributed by atoms with van der Waals surface area (Å²) in [4.78, 5) is 14.6. The molecule has 0 spiro atoms. The molecular formula is C57H46N4O2. The highest BCUT2D eigenvalue weighted by molar-refractivity contribution is 6.14. The van der Waals surface area contributed by atoms with Gasteiger partial charge in [0.05, 0.1) is 22.8 Å². The molecule has 0 aliphatic heterocycles.